The number of aryl methyl sites for hydroxylation is 2. The van der Waals surface area contributed by atoms with Gasteiger partial charge in [0.25, 0.3) is 0 Å². The Balaban J connectivity index is 2.13. The van der Waals surface area contributed by atoms with Crippen molar-refractivity contribution in [1.82, 2.24) is 9.78 Å². The van der Waals surface area contributed by atoms with Crippen molar-refractivity contribution in [3.05, 3.63) is 18.0 Å². The first-order chi connectivity index (χ1) is 8.51. The van der Waals surface area contributed by atoms with Gasteiger partial charge < -0.3 is 0 Å². The van der Waals surface area contributed by atoms with Gasteiger partial charge in [-0.25, -0.2) is 0 Å². The molecule has 0 aliphatic heterocycles. The van der Waals surface area contributed by atoms with Crippen molar-refractivity contribution in [1.29, 1.82) is 0 Å². The summed E-state index contributed by atoms with van der Waals surface area (Å²) in [7, 11) is 0. The molecule has 0 atom stereocenters. The first-order valence-corrected chi connectivity index (χ1v) is 6.59. The second-order valence-electron chi connectivity index (χ2n) is 4.64. The van der Waals surface area contributed by atoms with Gasteiger partial charge in [-0.05, 0) is 31.2 Å². The Morgan fingerprint density at radius 3 is 2.61 bits per heavy atom. The Morgan fingerprint density at radius 2 is 1.94 bits per heavy atom. The lowest BCUT2D eigenvalue weighted by Gasteiger charge is -2.05. The van der Waals surface area contributed by atoms with Gasteiger partial charge in [0.2, 0.25) is 0 Å². The largest absolute Gasteiger partial charge is 0.389 e. The summed E-state index contributed by atoms with van der Waals surface area (Å²) in [5.41, 5.74) is 1.21. The number of hydrogen-bond donors (Lipinski definition) is 0. The molecule has 0 saturated carbocycles. The van der Waals surface area contributed by atoms with Gasteiger partial charge in [0.1, 0.15) is 0 Å². The van der Waals surface area contributed by atoms with Crippen LogP contribution in [0.5, 0.6) is 0 Å². The van der Waals surface area contributed by atoms with E-state index in [0.717, 1.165) is 25.7 Å². The normalized spacial score (nSPS) is 12.0. The highest BCUT2D eigenvalue weighted by Crippen LogP contribution is 2.22. The van der Waals surface area contributed by atoms with E-state index in [0.29, 0.717) is 13.0 Å². The molecule has 0 aliphatic carbocycles. The van der Waals surface area contributed by atoms with Crippen LogP contribution >= 0.6 is 0 Å². The third-order valence-corrected chi connectivity index (χ3v) is 2.85. The molecule has 0 radical (unpaired) electrons. The maximum absolute atomic E-state index is 11.9. The summed E-state index contributed by atoms with van der Waals surface area (Å²) in [5.74, 6) is 0. The lowest BCUT2D eigenvalue weighted by molar-refractivity contribution is -0.135. The first-order valence-electron chi connectivity index (χ1n) is 6.59. The second-order valence-corrected chi connectivity index (χ2v) is 4.64. The molecule has 2 nitrogen and oxygen atoms in total. The number of aromatic nitrogens is 2. The zero-order chi connectivity index (χ0) is 13.4. The van der Waals surface area contributed by atoms with Crippen LogP contribution in [0.4, 0.5) is 13.2 Å². The molecule has 18 heavy (non-hydrogen) atoms. The molecule has 0 fully saturated rings. The van der Waals surface area contributed by atoms with Gasteiger partial charge in [0.15, 0.2) is 0 Å². The lowest BCUT2D eigenvalue weighted by Crippen LogP contribution is -2.06. The summed E-state index contributed by atoms with van der Waals surface area (Å²) in [5, 5.41) is 4.21. The van der Waals surface area contributed by atoms with Crippen molar-refractivity contribution in [2.24, 2.45) is 0 Å². The SMILES string of the molecule is CCCCc1cnn(CCCCCC(F)(F)F)c1. The number of nitrogens with zero attached hydrogens (tertiary/aromatic N) is 2. The Morgan fingerprint density at radius 1 is 1.17 bits per heavy atom. The molecule has 104 valence electrons. The maximum atomic E-state index is 11.9. The third-order valence-electron chi connectivity index (χ3n) is 2.85. The summed E-state index contributed by atoms with van der Waals surface area (Å²) in [6.45, 7) is 2.86. The van der Waals surface area contributed by atoms with Crippen molar-refractivity contribution in [3.8, 4) is 0 Å². The smallest absolute Gasteiger partial charge is 0.272 e. The molecule has 1 aromatic rings. The van der Waals surface area contributed by atoms with Crippen LogP contribution < -0.4 is 0 Å². The van der Waals surface area contributed by atoms with Crippen LogP contribution in [0.1, 0.15) is 51.0 Å². The predicted molar refractivity (Wildman–Crippen MR) is 65.4 cm³/mol. The number of halogens is 3. The monoisotopic (exact) mass is 262 g/mol. The van der Waals surface area contributed by atoms with Crippen LogP contribution in [0.15, 0.2) is 12.4 Å². The lowest BCUT2D eigenvalue weighted by atomic mass is 10.2. The molecule has 0 bridgehead atoms. The Kier molecular flexibility index (Phi) is 6.22. The zero-order valence-electron chi connectivity index (χ0n) is 10.8. The zero-order valence-corrected chi connectivity index (χ0v) is 10.8. The standard InChI is InChI=1S/C13H21F3N2/c1-2-3-7-12-10-17-18(11-12)9-6-4-5-8-13(14,15)16/h10-11H,2-9H2,1H3. The van der Waals surface area contributed by atoms with Gasteiger partial charge in [0.05, 0.1) is 6.20 Å². The summed E-state index contributed by atoms with van der Waals surface area (Å²) >= 11 is 0. The molecular weight excluding hydrogens is 241 g/mol. The van der Waals surface area contributed by atoms with Gasteiger partial charge in [-0.1, -0.05) is 19.8 Å². The number of rotatable bonds is 8. The molecule has 0 aromatic carbocycles. The van der Waals surface area contributed by atoms with Crippen LogP contribution in [0.2, 0.25) is 0 Å². The number of hydrogen-bond acceptors (Lipinski definition) is 1. The fourth-order valence-electron chi connectivity index (χ4n) is 1.81. The van der Waals surface area contributed by atoms with Crippen molar-refractivity contribution < 1.29 is 13.2 Å². The van der Waals surface area contributed by atoms with Crippen LogP contribution in [0, 0.1) is 0 Å². The van der Waals surface area contributed by atoms with Gasteiger partial charge in [0, 0.05) is 19.2 Å². The van der Waals surface area contributed by atoms with E-state index >= 15 is 0 Å². The maximum Gasteiger partial charge on any atom is 0.389 e. The molecule has 0 spiro atoms. The van der Waals surface area contributed by atoms with Gasteiger partial charge in [-0.3, -0.25) is 4.68 Å². The van der Waals surface area contributed by atoms with Gasteiger partial charge >= 0.3 is 6.18 Å². The Hall–Kier alpha value is -1.00. The van der Waals surface area contributed by atoms with E-state index < -0.39 is 12.6 Å². The molecule has 0 unspecified atom stereocenters. The number of unbranched alkanes of at least 4 members (excludes halogenated alkanes) is 3. The van der Waals surface area contributed by atoms with E-state index in [2.05, 4.69) is 12.0 Å². The fourth-order valence-corrected chi connectivity index (χ4v) is 1.81. The number of alkyl halides is 3. The average molecular weight is 262 g/mol. The van der Waals surface area contributed by atoms with E-state index in [1.165, 1.54) is 5.56 Å². The van der Waals surface area contributed by atoms with Gasteiger partial charge in [-0.15, -0.1) is 0 Å². The molecule has 1 rings (SSSR count). The molecule has 0 N–H and O–H groups in total. The predicted octanol–water partition coefficient (Wildman–Crippen LogP) is 4.35. The quantitative estimate of drug-likeness (QED) is 0.637. The Bertz CT molecular complexity index is 331. The summed E-state index contributed by atoms with van der Waals surface area (Å²) in [6.07, 6.45) is 4.07. The van der Waals surface area contributed by atoms with E-state index in [1.54, 1.807) is 0 Å². The topological polar surface area (TPSA) is 17.8 Å². The molecule has 1 heterocycles. The van der Waals surface area contributed by atoms with Crippen LogP contribution in [0.3, 0.4) is 0 Å². The highest BCUT2D eigenvalue weighted by Gasteiger charge is 2.25. The first kappa shape index (κ1) is 15.1. The van der Waals surface area contributed by atoms with E-state index in [4.69, 9.17) is 0 Å². The van der Waals surface area contributed by atoms with Crippen LogP contribution in [-0.2, 0) is 13.0 Å². The summed E-state index contributed by atoms with van der Waals surface area (Å²) in [6, 6.07) is 0. The fraction of sp³-hybridized carbons (Fsp3) is 0.769. The molecule has 5 heteroatoms. The Labute approximate surface area is 106 Å². The highest BCUT2D eigenvalue weighted by atomic mass is 19.4. The van der Waals surface area contributed by atoms with Gasteiger partial charge in [-0.2, -0.15) is 18.3 Å². The van der Waals surface area contributed by atoms with Crippen molar-refractivity contribution in [2.45, 2.75) is 64.6 Å². The minimum atomic E-state index is -4.01. The summed E-state index contributed by atoms with van der Waals surface area (Å²) in [4.78, 5) is 0. The second kappa shape index (κ2) is 7.44. The summed E-state index contributed by atoms with van der Waals surface area (Å²) < 4.78 is 37.6. The van der Waals surface area contributed by atoms with Crippen molar-refractivity contribution in [3.63, 3.8) is 0 Å². The van der Waals surface area contributed by atoms with Crippen molar-refractivity contribution in [2.75, 3.05) is 0 Å². The third kappa shape index (κ3) is 6.67. The average Bonchev–Trinajstić information content (AvgIpc) is 2.72. The van der Waals surface area contributed by atoms with Crippen LogP contribution in [-0.4, -0.2) is 16.0 Å². The molecule has 0 aliphatic rings. The molecular formula is C13H21F3N2. The molecule has 0 saturated heterocycles. The van der Waals surface area contributed by atoms with Crippen LogP contribution in [0.25, 0.3) is 0 Å². The van der Waals surface area contributed by atoms with Crippen molar-refractivity contribution >= 4 is 0 Å². The minimum Gasteiger partial charge on any atom is -0.272 e. The highest BCUT2D eigenvalue weighted by molar-refractivity contribution is 5.03. The van der Waals surface area contributed by atoms with E-state index in [-0.39, 0.29) is 6.42 Å². The van der Waals surface area contributed by atoms with E-state index in [9.17, 15) is 13.2 Å². The molecule has 1 aromatic heterocycles. The molecule has 0 amide bonds. The van der Waals surface area contributed by atoms with E-state index in [1.807, 2.05) is 17.1 Å². The minimum absolute atomic E-state index is 0.216.